The number of hydrogen-bond acceptors (Lipinski definition) is 5. The lowest BCUT2D eigenvalue weighted by atomic mass is 10.4. The molecule has 1 heterocycles. The van der Waals surface area contributed by atoms with Gasteiger partial charge in [0, 0.05) is 26.2 Å². The van der Waals surface area contributed by atoms with Gasteiger partial charge in [-0.2, -0.15) is 5.26 Å². The summed E-state index contributed by atoms with van der Waals surface area (Å²) in [4.78, 5) is 7.61. The Morgan fingerprint density at radius 2 is 2.07 bits per heavy atom. The van der Waals surface area contributed by atoms with Crippen LogP contribution in [0.5, 0.6) is 0 Å². The van der Waals surface area contributed by atoms with Gasteiger partial charge in [-0.3, -0.25) is 0 Å². The van der Waals surface area contributed by atoms with Crippen LogP contribution in [0.25, 0.3) is 0 Å². The fourth-order valence-electron chi connectivity index (χ4n) is 1.20. The monoisotopic (exact) mass is 197 g/mol. The van der Waals surface area contributed by atoms with Crippen LogP contribution in [0.3, 0.4) is 0 Å². The lowest BCUT2D eigenvalue weighted by Gasteiger charge is -2.31. The summed E-state index contributed by atoms with van der Waals surface area (Å²) in [6, 6.07) is 0. The van der Waals surface area contributed by atoms with E-state index in [1.54, 1.807) is 6.26 Å². The van der Waals surface area contributed by atoms with E-state index < -0.39 is 0 Å². The minimum Gasteiger partial charge on any atom is -0.419 e. The van der Waals surface area contributed by atoms with Gasteiger partial charge in [-0.15, -0.1) is 5.06 Å². The van der Waals surface area contributed by atoms with Crippen molar-refractivity contribution in [1.82, 2.24) is 9.96 Å². The fraction of sp³-hybridized carbons (Fsp3) is 0.667. The Balaban J connectivity index is 2.18. The lowest BCUT2D eigenvalue weighted by Crippen LogP contribution is -2.44. The van der Waals surface area contributed by atoms with E-state index in [4.69, 9.17) is 10.1 Å². The Kier molecular flexibility index (Phi) is 4.23. The van der Waals surface area contributed by atoms with Gasteiger partial charge in [0.1, 0.15) is 0 Å². The summed E-state index contributed by atoms with van der Waals surface area (Å²) in [6.45, 7) is 7.44. The highest BCUT2D eigenvalue weighted by Gasteiger charge is 2.15. The molecule has 78 valence electrons. The van der Waals surface area contributed by atoms with Crippen LogP contribution in [0.15, 0.2) is 12.3 Å². The Morgan fingerprint density at radius 1 is 1.43 bits per heavy atom. The summed E-state index contributed by atoms with van der Waals surface area (Å²) >= 11 is 0. The Bertz CT molecular complexity index is 229. The standard InChI is InChI=1S/C9H15N3O2/c1-9(7-13-8-10)14-12-5-3-11(2)4-6-12/h1,3-7H2,2H3. The van der Waals surface area contributed by atoms with Crippen LogP contribution >= 0.6 is 0 Å². The van der Waals surface area contributed by atoms with E-state index in [0.717, 1.165) is 26.2 Å². The second-order valence-corrected chi connectivity index (χ2v) is 3.24. The third kappa shape index (κ3) is 3.64. The molecule has 1 rings (SSSR count). The zero-order valence-electron chi connectivity index (χ0n) is 8.40. The first-order chi connectivity index (χ1) is 6.72. The number of likely N-dealkylation sites (N-methyl/N-ethyl adjacent to an activating group) is 1. The summed E-state index contributed by atoms with van der Waals surface area (Å²) < 4.78 is 4.50. The molecule has 0 unspecified atom stereocenters. The molecule has 0 bridgehead atoms. The minimum absolute atomic E-state index is 0.128. The Labute approximate surface area is 84.1 Å². The van der Waals surface area contributed by atoms with Crippen LogP contribution < -0.4 is 0 Å². The molecule has 0 aromatic rings. The van der Waals surface area contributed by atoms with E-state index in [-0.39, 0.29) is 6.61 Å². The molecule has 1 saturated heterocycles. The van der Waals surface area contributed by atoms with Crippen molar-refractivity contribution in [3.05, 3.63) is 12.3 Å². The third-order valence-corrected chi connectivity index (χ3v) is 2.02. The number of nitrogens with zero attached hydrogens (tertiary/aromatic N) is 3. The number of rotatable bonds is 4. The molecule has 0 N–H and O–H groups in total. The largest absolute Gasteiger partial charge is 0.419 e. The zero-order chi connectivity index (χ0) is 10.4. The van der Waals surface area contributed by atoms with Crippen molar-refractivity contribution in [1.29, 1.82) is 5.26 Å². The topological polar surface area (TPSA) is 48.7 Å². The minimum atomic E-state index is 0.128. The maximum Gasteiger partial charge on any atom is 0.286 e. The van der Waals surface area contributed by atoms with Crippen LogP contribution in [0.1, 0.15) is 0 Å². The van der Waals surface area contributed by atoms with Gasteiger partial charge in [-0.25, -0.2) is 0 Å². The summed E-state index contributed by atoms with van der Waals surface area (Å²) in [6.07, 6.45) is 1.58. The zero-order valence-corrected chi connectivity index (χ0v) is 8.40. The summed E-state index contributed by atoms with van der Waals surface area (Å²) in [5.41, 5.74) is 0. The van der Waals surface area contributed by atoms with Gasteiger partial charge >= 0.3 is 0 Å². The first-order valence-electron chi connectivity index (χ1n) is 4.52. The Hall–Kier alpha value is -1.25. The number of nitriles is 1. The highest BCUT2D eigenvalue weighted by Crippen LogP contribution is 2.04. The van der Waals surface area contributed by atoms with Crippen molar-refractivity contribution in [3.63, 3.8) is 0 Å². The molecule has 1 aliphatic rings. The molecular weight excluding hydrogens is 182 g/mol. The second kappa shape index (κ2) is 5.47. The van der Waals surface area contributed by atoms with Crippen molar-refractivity contribution in [2.45, 2.75) is 0 Å². The predicted octanol–water partition coefficient (Wildman–Crippen LogP) is 0.177. The van der Waals surface area contributed by atoms with Crippen LogP contribution in [0.4, 0.5) is 0 Å². The second-order valence-electron chi connectivity index (χ2n) is 3.24. The summed E-state index contributed by atoms with van der Waals surface area (Å²) in [5.74, 6) is 0.469. The first-order valence-corrected chi connectivity index (χ1v) is 4.52. The normalized spacial score (nSPS) is 18.6. The van der Waals surface area contributed by atoms with Crippen LogP contribution in [0, 0.1) is 11.5 Å². The highest BCUT2D eigenvalue weighted by atomic mass is 16.7. The molecule has 1 fully saturated rings. The molecule has 0 spiro atoms. The van der Waals surface area contributed by atoms with Gasteiger partial charge in [0.15, 0.2) is 12.4 Å². The molecule has 14 heavy (non-hydrogen) atoms. The van der Waals surface area contributed by atoms with Crippen molar-refractivity contribution >= 4 is 0 Å². The molecule has 0 aliphatic carbocycles. The Morgan fingerprint density at radius 3 is 2.64 bits per heavy atom. The lowest BCUT2D eigenvalue weighted by molar-refractivity contribution is -0.145. The third-order valence-electron chi connectivity index (χ3n) is 2.02. The number of hydroxylamine groups is 2. The van der Waals surface area contributed by atoms with Gasteiger partial charge in [0.25, 0.3) is 6.26 Å². The summed E-state index contributed by atoms with van der Waals surface area (Å²) in [7, 11) is 2.07. The van der Waals surface area contributed by atoms with Crippen LogP contribution in [-0.2, 0) is 9.57 Å². The van der Waals surface area contributed by atoms with Crippen molar-refractivity contribution < 1.29 is 9.57 Å². The SMILES string of the molecule is C=C(COC#N)ON1CCN(C)CC1. The van der Waals surface area contributed by atoms with E-state index >= 15 is 0 Å². The number of piperazine rings is 1. The molecule has 0 radical (unpaired) electrons. The molecule has 0 saturated carbocycles. The van der Waals surface area contributed by atoms with E-state index in [0.29, 0.717) is 5.76 Å². The molecule has 0 aromatic carbocycles. The van der Waals surface area contributed by atoms with Gasteiger partial charge in [0.2, 0.25) is 0 Å². The molecule has 0 atom stereocenters. The van der Waals surface area contributed by atoms with E-state index in [1.807, 2.05) is 5.06 Å². The van der Waals surface area contributed by atoms with E-state index in [1.165, 1.54) is 0 Å². The van der Waals surface area contributed by atoms with Gasteiger partial charge in [-0.05, 0) is 7.05 Å². The van der Waals surface area contributed by atoms with Gasteiger partial charge < -0.3 is 14.5 Å². The van der Waals surface area contributed by atoms with Crippen molar-refractivity contribution in [2.24, 2.45) is 0 Å². The quantitative estimate of drug-likeness (QED) is 0.475. The molecular formula is C9H15N3O2. The summed E-state index contributed by atoms with van der Waals surface area (Å²) in [5, 5.41) is 10.0. The smallest absolute Gasteiger partial charge is 0.286 e. The van der Waals surface area contributed by atoms with Crippen molar-refractivity contribution in [3.8, 4) is 6.26 Å². The molecule has 0 aromatic heterocycles. The average Bonchev–Trinajstić information content (AvgIpc) is 2.18. The van der Waals surface area contributed by atoms with Crippen molar-refractivity contribution in [2.75, 3.05) is 39.8 Å². The molecule has 1 aliphatic heterocycles. The van der Waals surface area contributed by atoms with E-state index in [2.05, 4.69) is 23.3 Å². The fourth-order valence-corrected chi connectivity index (χ4v) is 1.20. The van der Waals surface area contributed by atoms with Crippen LogP contribution in [-0.4, -0.2) is 49.8 Å². The number of ether oxygens (including phenoxy) is 1. The molecule has 5 heteroatoms. The van der Waals surface area contributed by atoms with Gasteiger partial charge in [0.05, 0.1) is 0 Å². The maximum absolute atomic E-state index is 8.17. The predicted molar refractivity (Wildman–Crippen MR) is 50.9 cm³/mol. The maximum atomic E-state index is 8.17. The highest BCUT2D eigenvalue weighted by molar-refractivity contribution is 4.83. The molecule has 0 amide bonds. The van der Waals surface area contributed by atoms with E-state index in [9.17, 15) is 0 Å². The van der Waals surface area contributed by atoms with Crippen LogP contribution in [0.2, 0.25) is 0 Å². The number of hydrogen-bond donors (Lipinski definition) is 0. The average molecular weight is 197 g/mol. The van der Waals surface area contributed by atoms with Gasteiger partial charge in [-0.1, -0.05) is 6.58 Å². The first kappa shape index (κ1) is 10.8. The molecule has 5 nitrogen and oxygen atoms in total.